The summed E-state index contributed by atoms with van der Waals surface area (Å²) in [6.07, 6.45) is 5.18. The molecular weight excluding hydrogens is 184 g/mol. The second-order valence-electron chi connectivity index (χ2n) is 5.32. The second kappa shape index (κ2) is 3.93. The summed E-state index contributed by atoms with van der Waals surface area (Å²) in [5.41, 5.74) is 3.22. The molecule has 2 nitrogen and oxygen atoms in total. The Morgan fingerprint density at radius 2 is 2.27 bits per heavy atom. The van der Waals surface area contributed by atoms with Gasteiger partial charge in [-0.1, -0.05) is 13.8 Å². The molecule has 82 valence electrons. The topological polar surface area (TPSA) is 24.9 Å². The summed E-state index contributed by atoms with van der Waals surface area (Å²) in [6, 6.07) is 2.07. The molecule has 2 rings (SSSR count). The van der Waals surface area contributed by atoms with Crippen molar-refractivity contribution in [2.45, 2.75) is 33.7 Å². The number of hydrogen-bond donors (Lipinski definition) is 1. The van der Waals surface area contributed by atoms with Gasteiger partial charge in [-0.15, -0.1) is 0 Å². The molecule has 1 aromatic rings. The molecule has 1 aliphatic rings. The van der Waals surface area contributed by atoms with Crippen molar-refractivity contribution in [2.75, 3.05) is 6.54 Å². The highest BCUT2D eigenvalue weighted by Crippen LogP contribution is 2.50. The zero-order valence-electron chi connectivity index (χ0n) is 9.88. The largest absolute Gasteiger partial charge is 0.312 e. The van der Waals surface area contributed by atoms with Crippen molar-refractivity contribution in [1.82, 2.24) is 10.3 Å². The number of hydrogen-bond acceptors (Lipinski definition) is 2. The van der Waals surface area contributed by atoms with Gasteiger partial charge in [0.1, 0.15) is 0 Å². The average Bonchev–Trinajstić information content (AvgIpc) is 2.78. The molecule has 0 bridgehead atoms. The van der Waals surface area contributed by atoms with E-state index < -0.39 is 0 Å². The third-order valence-corrected chi connectivity index (χ3v) is 3.57. The van der Waals surface area contributed by atoms with Crippen LogP contribution in [0.5, 0.6) is 0 Å². The normalized spacial score (nSPS) is 22.7. The number of nitrogens with zero attached hydrogens (tertiary/aromatic N) is 1. The van der Waals surface area contributed by atoms with Crippen molar-refractivity contribution >= 4 is 0 Å². The quantitative estimate of drug-likeness (QED) is 0.815. The van der Waals surface area contributed by atoms with E-state index in [1.807, 2.05) is 12.4 Å². The van der Waals surface area contributed by atoms with Crippen molar-refractivity contribution in [1.29, 1.82) is 0 Å². The Morgan fingerprint density at radius 3 is 2.87 bits per heavy atom. The molecule has 2 heteroatoms. The van der Waals surface area contributed by atoms with Crippen LogP contribution < -0.4 is 5.32 Å². The van der Waals surface area contributed by atoms with Crippen LogP contribution in [0, 0.1) is 18.3 Å². The number of nitrogens with one attached hydrogen (secondary N) is 1. The van der Waals surface area contributed by atoms with Gasteiger partial charge in [-0.05, 0) is 48.4 Å². The zero-order valence-corrected chi connectivity index (χ0v) is 9.88. The smallest absolute Gasteiger partial charge is 0.0315 e. The standard InChI is InChI=1S/C13H20N2/c1-10-4-5-14-7-11(10)8-15-9-12-6-13(12,2)3/h4-5,7,12,15H,6,8-9H2,1-3H3. The van der Waals surface area contributed by atoms with E-state index in [9.17, 15) is 0 Å². The van der Waals surface area contributed by atoms with Gasteiger partial charge in [0.2, 0.25) is 0 Å². The lowest BCUT2D eigenvalue weighted by Crippen LogP contribution is -2.18. The van der Waals surface area contributed by atoms with Crippen molar-refractivity contribution in [3.05, 3.63) is 29.6 Å². The fourth-order valence-corrected chi connectivity index (χ4v) is 1.99. The molecule has 1 fully saturated rings. The van der Waals surface area contributed by atoms with E-state index in [4.69, 9.17) is 0 Å². The highest BCUT2D eigenvalue weighted by Gasteiger charge is 2.44. The van der Waals surface area contributed by atoms with Gasteiger partial charge in [-0.2, -0.15) is 0 Å². The fraction of sp³-hybridized carbons (Fsp3) is 0.615. The van der Waals surface area contributed by atoms with E-state index in [0.717, 1.165) is 19.0 Å². The van der Waals surface area contributed by atoms with Gasteiger partial charge in [-0.3, -0.25) is 4.98 Å². The first-order valence-corrected chi connectivity index (χ1v) is 5.70. The summed E-state index contributed by atoms with van der Waals surface area (Å²) in [5.74, 6) is 0.870. The van der Waals surface area contributed by atoms with E-state index in [-0.39, 0.29) is 0 Å². The molecule has 1 saturated carbocycles. The van der Waals surface area contributed by atoms with E-state index in [1.54, 1.807) is 0 Å². The summed E-state index contributed by atoms with van der Waals surface area (Å²) < 4.78 is 0. The van der Waals surface area contributed by atoms with Gasteiger partial charge in [-0.25, -0.2) is 0 Å². The third-order valence-electron chi connectivity index (χ3n) is 3.57. The van der Waals surface area contributed by atoms with Gasteiger partial charge in [0.15, 0.2) is 0 Å². The van der Waals surface area contributed by atoms with Crippen LogP contribution in [-0.4, -0.2) is 11.5 Å². The average molecular weight is 204 g/mol. The molecule has 0 aromatic carbocycles. The Bertz CT molecular complexity index is 344. The summed E-state index contributed by atoms with van der Waals surface area (Å²) >= 11 is 0. The van der Waals surface area contributed by atoms with Crippen LogP contribution in [0.1, 0.15) is 31.4 Å². The summed E-state index contributed by atoms with van der Waals surface area (Å²) in [5, 5.41) is 3.52. The monoisotopic (exact) mass is 204 g/mol. The minimum absolute atomic E-state index is 0.580. The van der Waals surface area contributed by atoms with Gasteiger partial charge in [0, 0.05) is 18.9 Å². The van der Waals surface area contributed by atoms with E-state index in [2.05, 4.69) is 37.1 Å². The zero-order chi connectivity index (χ0) is 10.9. The minimum Gasteiger partial charge on any atom is -0.312 e. The van der Waals surface area contributed by atoms with Gasteiger partial charge in [0.25, 0.3) is 0 Å². The molecule has 0 amide bonds. The number of rotatable bonds is 4. The maximum Gasteiger partial charge on any atom is 0.0315 e. The lowest BCUT2D eigenvalue weighted by molar-refractivity contribution is 0.519. The van der Waals surface area contributed by atoms with E-state index in [0.29, 0.717) is 5.41 Å². The summed E-state index contributed by atoms with van der Waals surface area (Å²) in [6.45, 7) is 8.91. The molecule has 0 saturated heterocycles. The number of pyridine rings is 1. The molecule has 1 unspecified atom stereocenters. The number of aromatic nitrogens is 1. The SMILES string of the molecule is Cc1ccncc1CNCC1CC1(C)C. The van der Waals surface area contributed by atoms with Crippen molar-refractivity contribution < 1.29 is 0 Å². The molecule has 1 atom stereocenters. The van der Waals surface area contributed by atoms with Crippen LogP contribution in [0.2, 0.25) is 0 Å². The van der Waals surface area contributed by atoms with Gasteiger partial charge >= 0.3 is 0 Å². The molecule has 1 aliphatic carbocycles. The van der Waals surface area contributed by atoms with Crippen LogP contribution in [0.15, 0.2) is 18.5 Å². The lowest BCUT2D eigenvalue weighted by Gasteiger charge is -2.07. The molecule has 0 radical (unpaired) electrons. The van der Waals surface area contributed by atoms with Crippen molar-refractivity contribution in [3.8, 4) is 0 Å². The lowest BCUT2D eigenvalue weighted by atomic mass is 10.1. The Balaban J connectivity index is 1.77. The summed E-state index contributed by atoms with van der Waals surface area (Å²) in [4.78, 5) is 4.15. The van der Waals surface area contributed by atoms with Crippen LogP contribution in [0.25, 0.3) is 0 Å². The van der Waals surface area contributed by atoms with Crippen LogP contribution in [0.3, 0.4) is 0 Å². The van der Waals surface area contributed by atoms with Crippen LogP contribution >= 0.6 is 0 Å². The first-order chi connectivity index (χ1) is 7.09. The van der Waals surface area contributed by atoms with Crippen molar-refractivity contribution in [3.63, 3.8) is 0 Å². The van der Waals surface area contributed by atoms with Crippen LogP contribution in [-0.2, 0) is 6.54 Å². The van der Waals surface area contributed by atoms with Gasteiger partial charge < -0.3 is 5.32 Å². The molecule has 1 heterocycles. The Kier molecular flexibility index (Phi) is 2.79. The second-order valence-corrected chi connectivity index (χ2v) is 5.32. The Hall–Kier alpha value is -0.890. The fourth-order valence-electron chi connectivity index (χ4n) is 1.99. The Morgan fingerprint density at radius 1 is 1.53 bits per heavy atom. The van der Waals surface area contributed by atoms with E-state index in [1.165, 1.54) is 17.5 Å². The maximum atomic E-state index is 4.15. The maximum absolute atomic E-state index is 4.15. The predicted molar refractivity (Wildman–Crippen MR) is 62.6 cm³/mol. The third kappa shape index (κ3) is 2.57. The highest BCUT2D eigenvalue weighted by atomic mass is 14.9. The minimum atomic E-state index is 0.580. The summed E-state index contributed by atoms with van der Waals surface area (Å²) in [7, 11) is 0. The molecular formula is C13H20N2. The number of aryl methyl sites for hydroxylation is 1. The van der Waals surface area contributed by atoms with Crippen molar-refractivity contribution in [2.24, 2.45) is 11.3 Å². The predicted octanol–water partition coefficient (Wildman–Crippen LogP) is 2.53. The first-order valence-electron chi connectivity index (χ1n) is 5.70. The first kappa shape index (κ1) is 10.6. The van der Waals surface area contributed by atoms with Gasteiger partial charge in [0.05, 0.1) is 0 Å². The molecule has 1 N–H and O–H groups in total. The van der Waals surface area contributed by atoms with E-state index >= 15 is 0 Å². The molecule has 1 aromatic heterocycles. The van der Waals surface area contributed by atoms with Crippen LogP contribution in [0.4, 0.5) is 0 Å². The molecule has 0 aliphatic heterocycles. The molecule has 15 heavy (non-hydrogen) atoms. The highest BCUT2D eigenvalue weighted by molar-refractivity contribution is 5.21. The molecule has 0 spiro atoms. The Labute approximate surface area is 92.1 Å².